The highest BCUT2D eigenvalue weighted by atomic mass is 79.9. The summed E-state index contributed by atoms with van der Waals surface area (Å²) in [6.45, 7) is 1.98. The van der Waals surface area contributed by atoms with Gasteiger partial charge >= 0.3 is 5.97 Å². The molecule has 0 heterocycles. The largest absolute Gasteiger partial charge is 0.464 e. The highest BCUT2D eigenvalue weighted by molar-refractivity contribution is 9.10. The van der Waals surface area contributed by atoms with Gasteiger partial charge in [0.2, 0.25) is 0 Å². The van der Waals surface area contributed by atoms with Crippen LogP contribution in [0.25, 0.3) is 0 Å². The molecular formula is C12H14BrFO4. The Balaban J connectivity index is 3.09. The van der Waals surface area contributed by atoms with Crippen molar-refractivity contribution in [1.29, 1.82) is 0 Å². The molecule has 1 atom stereocenters. The van der Waals surface area contributed by atoms with Crippen LogP contribution in [-0.4, -0.2) is 24.8 Å². The van der Waals surface area contributed by atoms with E-state index in [2.05, 4.69) is 20.7 Å². The van der Waals surface area contributed by atoms with Gasteiger partial charge in [-0.05, 0) is 40.5 Å². The van der Waals surface area contributed by atoms with E-state index in [1.165, 1.54) is 19.2 Å². The second kappa shape index (κ2) is 6.82. The molecule has 1 aromatic carbocycles. The predicted molar refractivity (Wildman–Crippen MR) is 66.4 cm³/mol. The number of hydrogen-bond donors (Lipinski definition) is 1. The molecule has 18 heavy (non-hydrogen) atoms. The van der Waals surface area contributed by atoms with Gasteiger partial charge in [-0.1, -0.05) is 0 Å². The highest BCUT2D eigenvalue weighted by Gasteiger charge is 2.24. The molecule has 6 heteroatoms. The van der Waals surface area contributed by atoms with Gasteiger partial charge in [-0.2, -0.15) is 0 Å². The van der Waals surface area contributed by atoms with Crippen LogP contribution < -0.4 is 0 Å². The van der Waals surface area contributed by atoms with Crippen LogP contribution in [0.3, 0.4) is 0 Å². The first-order chi connectivity index (χ1) is 8.51. The Bertz CT molecular complexity index is 436. The lowest BCUT2D eigenvalue weighted by Crippen LogP contribution is -2.17. The summed E-state index contributed by atoms with van der Waals surface area (Å²) < 4.78 is 23.6. The molecule has 0 aliphatic carbocycles. The fourth-order valence-corrected chi connectivity index (χ4v) is 1.99. The van der Waals surface area contributed by atoms with Crippen molar-refractivity contribution in [3.63, 3.8) is 0 Å². The summed E-state index contributed by atoms with van der Waals surface area (Å²) >= 11 is 3.03. The lowest BCUT2D eigenvalue weighted by Gasteiger charge is -2.13. The number of methoxy groups -OCH3 is 1. The molecule has 0 spiro atoms. The molecule has 1 N–H and O–H groups in total. The van der Waals surface area contributed by atoms with Gasteiger partial charge in [0.05, 0.1) is 17.7 Å². The van der Waals surface area contributed by atoms with Gasteiger partial charge in [-0.15, -0.1) is 0 Å². The summed E-state index contributed by atoms with van der Waals surface area (Å²) in [5.74, 6) is -1.56. The van der Waals surface area contributed by atoms with E-state index < -0.39 is 17.9 Å². The van der Waals surface area contributed by atoms with Gasteiger partial charge in [-0.3, -0.25) is 0 Å². The quantitative estimate of drug-likeness (QED) is 0.846. The molecule has 0 amide bonds. The molecule has 1 aromatic rings. The van der Waals surface area contributed by atoms with Gasteiger partial charge in [-0.25, -0.2) is 9.18 Å². The number of rotatable bonds is 5. The third-order valence-corrected chi connectivity index (χ3v) is 2.81. The Morgan fingerprint density at radius 2 is 2.22 bits per heavy atom. The molecule has 4 nitrogen and oxygen atoms in total. The molecule has 0 fully saturated rings. The molecule has 100 valence electrons. The molecule has 1 rings (SSSR count). The van der Waals surface area contributed by atoms with Crippen LogP contribution in [0, 0.1) is 5.82 Å². The second-order valence-electron chi connectivity index (χ2n) is 3.57. The summed E-state index contributed by atoms with van der Waals surface area (Å²) in [6.07, 6.45) is -1.64. The van der Waals surface area contributed by atoms with E-state index in [-0.39, 0.29) is 23.2 Å². The van der Waals surface area contributed by atoms with Crippen LogP contribution in [0.15, 0.2) is 16.6 Å². The molecule has 0 saturated heterocycles. The maximum absolute atomic E-state index is 13.8. The van der Waals surface area contributed by atoms with Crippen LogP contribution in [0.5, 0.6) is 0 Å². The van der Waals surface area contributed by atoms with Crippen LogP contribution in [0.2, 0.25) is 0 Å². The zero-order valence-corrected chi connectivity index (χ0v) is 11.7. The second-order valence-corrected chi connectivity index (χ2v) is 4.42. The van der Waals surface area contributed by atoms with Crippen LogP contribution in [0.1, 0.15) is 24.2 Å². The summed E-state index contributed by atoms with van der Waals surface area (Å²) in [4.78, 5) is 11.4. The van der Waals surface area contributed by atoms with E-state index >= 15 is 0 Å². The minimum Gasteiger partial charge on any atom is -0.464 e. The van der Waals surface area contributed by atoms with E-state index in [1.807, 2.05) is 0 Å². The fourth-order valence-electron chi connectivity index (χ4n) is 1.47. The molecule has 0 saturated carbocycles. The standard InChI is InChI=1S/C12H14BrFO4/c1-3-18-12(16)11(15)8-4-7(6-17-2)5-9(13)10(8)14/h4-5,11,15H,3,6H2,1-2H3. The normalized spacial score (nSPS) is 12.3. The molecule has 0 radical (unpaired) electrons. The monoisotopic (exact) mass is 320 g/mol. The number of benzene rings is 1. The Labute approximate surface area is 113 Å². The Kier molecular flexibility index (Phi) is 5.71. The van der Waals surface area contributed by atoms with Gasteiger partial charge in [0, 0.05) is 12.7 Å². The van der Waals surface area contributed by atoms with Crippen molar-refractivity contribution >= 4 is 21.9 Å². The fraction of sp³-hybridized carbons (Fsp3) is 0.417. The molecule has 0 aliphatic heterocycles. The topological polar surface area (TPSA) is 55.8 Å². The summed E-state index contributed by atoms with van der Waals surface area (Å²) in [7, 11) is 1.50. The number of aliphatic hydroxyl groups excluding tert-OH is 1. The summed E-state index contributed by atoms with van der Waals surface area (Å²) in [5.41, 5.74) is 0.513. The molecule has 0 bridgehead atoms. The van der Waals surface area contributed by atoms with E-state index in [1.54, 1.807) is 6.92 Å². The first-order valence-electron chi connectivity index (χ1n) is 5.32. The van der Waals surface area contributed by atoms with Crippen molar-refractivity contribution in [1.82, 2.24) is 0 Å². The third kappa shape index (κ3) is 3.51. The van der Waals surface area contributed by atoms with Crippen LogP contribution in [-0.2, 0) is 20.9 Å². The van der Waals surface area contributed by atoms with Crippen molar-refractivity contribution < 1.29 is 23.8 Å². The van der Waals surface area contributed by atoms with Crippen molar-refractivity contribution in [3.8, 4) is 0 Å². The van der Waals surface area contributed by atoms with Crippen molar-refractivity contribution in [3.05, 3.63) is 33.5 Å². The lowest BCUT2D eigenvalue weighted by molar-refractivity contribution is -0.153. The zero-order chi connectivity index (χ0) is 13.7. The molecule has 0 aliphatic rings. The van der Waals surface area contributed by atoms with E-state index in [9.17, 15) is 14.3 Å². The van der Waals surface area contributed by atoms with Crippen LogP contribution in [0.4, 0.5) is 4.39 Å². The van der Waals surface area contributed by atoms with Crippen molar-refractivity contribution in [2.24, 2.45) is 0 Å². The predicted octanol–water partition coefficient (Wildman–Crippen LogP) is 2.33. The van der Waals surface area contributed by atoms with Gasteiger partial charge in [0.15, 0.2) is 6.10 Å². The smallest absolute Gasteiger partial charge is 0.339 e. The minimum absolute atomic E-state index is 0.121. The zero-order valence-electron chi connectivity index (χ0n) is 10.1. The number of hydrogen-bond acceptors (Lipinski definition) is 4. The first-order valence-corrected chi connectivity index (χ1v) is 6.12. The minimum atomic E-state index is -1.64. The number of aliphatic hydroxyl groups is 1. The van der Waals surface area contributed by atoms with Gasteiger partial charge in [0.1, 0.15) is 5.82 Å². The number of ether oxygens (including phenoxy) is 2. The SMILES string of the molecule is CCOC(=O)C(O)c1cc(COC)cc(Br)c1F. The van der Waals surface area contributed by atoms with E-state index in [0.29, 0.717) is 5.56 Å². The van der Waals surface area contributed by atoms with Crippen molar-refractivity contribution in [2.45, 2.75) is 19.6 Å². The summed E-state index contributed by atoms with van der Waals surface area (Å²) in [6, 6.07) is 2.91. The average molecular weight is 321 g/mol. The van der Waals surface area contributed by atoms with Gasteiger partial charge < -0.3 is 14.6 Å². The number of carbonyl (C=O) groups excluding carboxylic acids is 1. The summed E-state index contributed by atoms with van der Waals surface area (Å²) in [5, 5.41) is 9.74. The molecule has 1 unspecified atom stereocenters. The maximum atomic E-state index is 13.8. The van der Waals surface area contributed by atoms with Crippen LogP contribution >= 0.6 is 15.9 Å². The van der Waals surface area contributed by atoms with E-state index in [0.717, 1.165) is 0 Å². The van der Waals surface area contributed by atoms with E-state index in [4.69, 9.17) is 4.74 Å². The molecule has 0 aromatic heterocycles. The number of carbonyl (C=O) groups is 1. The molecular weight excluding hydrogens is 307 g/mol. The number of esters is 1. The lowest BCUT2D eigenvalue weighted by atomic mass is 10.1. The highest BCUT2D eigenvalue weighted by Crippen LogP contribution is 2.27. The average Bonchev–Trinajstić information content (AvgIpc) is 2.33. The third-order valence-electron chi connectivity index (χ3n) is 2.23. The van der Waals surface area contributed by atoms with Crippen molar-refractivity contribution in [2.75, 3.05) is 13.7 Å². The first kappa shape index (κ1) is 15.1. The number of halogens is 2. The Morgan fingerprint density at radius 3 is 2.78 bits per heavy atom. The van der Waals surface area contributed by atoms with Gasteiger partial charge in [0.25, 0.3) is 0 Å². The Morgan fingerprint density at radius 1 is 1.56 bits per heavy atom. The Hall–Kier alpha value is -0.980. The maximum Gasteiger partial charge on any atom is 0.339 e.